The molecule has 2 aliphatic heterocycles. The first-order valence-corrected chi connectivity index (χ1v) is 10.7. The molecule has 0 atom stereocenters. The molecule has 0 aromatic heterocycles. The van der Waals surface area contributed by atoms with Gasteiger partial charge in [-0.2, -0.15) is 0 Å². The Balaban J connectivity index is 1.40. The van der Waals surface area contributed by atoms with Crippen LogP contribution in [-0.2, 0) is 22.5 Å². The largest absolute Gasteiger partial charge is 0.493 e. The molecular weight excluding hydrogens is 438 g/mol. The van der Waals surface area contributed by atoms with Crippen LogP contribution in [0.5, 0.6) is 23.0 Å². The Hall–Kier alpha value is -3.13. The maximum Gasteiger partial charge on any atom is 0.338 e. The summed E-state index contributed by atoms with van der Waals surface area (Å²) in [5.74, 6) is 1.15. The van der Waals surface area contributed by atoms with Crippen LogP contribution in [0.4, 0.5) is 0 Å². The van der Waals surface area contributed by atoms with E-state index in [1.165, 1.54) is 12.1 Å². The first-order valence-electron chi connectivity index (χ1n) is 10.3. The number of hydrogen-bond donors (Lipinski definition) is 0. The molecule has 32 heavy (non-hydrogen) atoms. The van der Waals surface area contributed by atoms with E-state index in [1.807, 2.05) is 12.1 Å². The quantitative estimate of drug-likeness (QED) is 0.632. The highest BCUT2D eigenvalue weighted by Crippen LogP contribution is 2.38. The zero-order valence-electron chi connectivity index (χ0n) is 17.9. The Morgan fingerprint density at radius 2 is 1.75 bits per heavy atom. The third-order valence-electron chi connectivity index (χ3n) is 5.44. The molecule has 2 aromatic carbocycles. The van der Waals surface area contributed by atoms with Crippen molar-refractivity contribution in [3.05, 3.63) is 46.0 Å². The molecule has 0 unspecified atom stereocenters. The average Bonchev–Trinajstić information content (AvgIpc) is 3.06. The molecule has 1 amide bonds. The van der Waals surface area contributed by atoms with Gasteiger partial charge in [-0.15, -0.1) is 0 Å². The van der Waals surface area contributed by atoms with Gasteiger partial charge in [-0.05, 0) is 41.8 Å². The van der Waals surface area contributed by atoms with Crippen LogP contribution < -0.4 is 18.9 Å². The molecule has 0 bridgehead atoms. The molecule has 0 fully saturated rings. The second kappa shape index (κ2) is 9.56. The van der Waals surface area contributed by atoms with Gasteiger partial charge in [0.05, 0.1) is 38.0 Å². The fourth-order valence-corrected chi connectivity index (χ4v) is 4.01. The summed E-state index contributed by atoms with van der Waals surface area (Å²) in [4.78, 5) is 26.9. The third kappa shape index (κ3) is 4.55. The number of ether oxygens (including phenoxy) is 5. The normalized spacial score (nSPS) is 14.8. The summed E-state index contributed by atoms with van der Waals surface area (Å²) < 4.78 is 27.1. The highest BCUT2D eigenvalue weighted by Gasteiger charge is 2.25. The first-order chi connectivity index (χ1) is 15.5. The number of fused-ring (bicyclic) bond motifs is 2. The van der Waals surface area contributed by atoms with E-state index in [0.717, 1.165) is 17.5 Å². The highest BCUT2D eigenvalue weighted by molar-refractivity contribution is 6.32. The summed E-state index contributed by atoms with van der Waals surface area (Å²) in [5.41, 5.74) is 2.28. The van der Waals surface area contributed by atoms with Gasteiger partial charge < -0.3 is 28.6 Å². The molecular formula is C23H24ClNO7. The van der Waals surface area contributed by atoms with E-state index in [4.69, 9.17) is 35.3 Å². The average molecular weight is 462 g/mol. The first kappa shape index (κ1) is 22.1. The van der Waals surface area contributed by atoms with E-state index in [9.17, 15) is 9.59 Å². The maximum absolute atomic E-state index is 12.7. The molecule has 2 heterocycles. The second-order valence-corrected chi connectivity index (χ2v) is 7.86. The monoisotopic (exact) mass is 461 g/mol. The summed E-state index contributed by atoms with van der Waals surface area (Å²) in [6, 6.07) is 6.79. The Labute approximate surface area is 190 Å². The SMILES string of the molecule is COc1cc2c(cc1OC)CN(C(=O)COC(=O)c1cc(Cl)c3c(c1)OCCCO3)CC2. The predicted octanol–water partition coefficient (Wildman–Crippen LogP) is 3.26. The topological polar surface area (TPSA) is 83.5 Å². The van der Waals surface area contributed by atoms with Crippen molar-refractivity contribution >= 4 is 23.5 Å². The van der Waals surface area contributed by atoms with Gasteiger partial charge in [-0.3, -0.25) is 4.79 Å². The smallest absolute Gasteiger partial charge is 0.338 e. The minimum atomic E-state index is -0.653. The van der Waals surface area contributed by atoms with Crippen molar-refractivity contribution in [3.8, 4) is 23.0 Å². The molecule has 0 saturated heterocycles. The number of amides is 1. The summed E-state index contributed by atoms with van der Waals surface area (Å²) in [6.45, 7) is 1.51. The summed E-state index contributed by atoms with van der Waals surface area (Å²) in [5, 5.41) is 0.264. The lowest BCUT2D eigenvalue weighted by molar-refractivity contribution is -0.135. The van der Waals surface area contributed by atoms with Gasteiger partial charge >= 0.3 is 5.97 Å². The molecule has 9 heteroatoms. The molecule has 0 aliphatic carbocycles. The van der Waals surface area contributed by atoms with Crippen LogP contribution in [-0.4, -0.2) is 57.4 Å². The van der Waals surface area contributed by atoms with Crippen LogP contribution in [0.3, 0.4) is 0 Å². The van der Waals surface area contributed by atoms with Crippen molar-refractivity contribution < 1.29 is 33.3 Å². The van der Waals surface area contributed by atoms with Crippen molar-refractivity contribution in [2.24, 2.45) is 0 Å². The summed E-state index contributed by atoms with van der Waals surface area (Å²) in [6.07, 6.45) is 1.39. The van der Waals surface area contributed by atoms with Crippen LogP contribution in [0.2, 0.25) is 5.02 Å². The zero-order valence-corrected chi connectivity index (χ0v) is 18.7. The van der Waals surface area contributed by atoms with Gasteiger partial charge in [-0.1, -0.05) is 11.6 Å². The Morgan fingerprint density at radius 1 is 1.03 bits per heavy atom. The number of hydrogen-bond acceptors (Lipinski definition) is 7. The van der Waals surface area contributed by atoms with E-state index in [0.29, 0.717) is 55.7 Å². The molecule has 2 aliphatic rings. The third-order valence-corrected chi connectivity index (χ3v) is 5.72. The highest BCUT2D eigenvalue weighted by atomic mass is 35.5. The number of methoxy groups -OCH3 is 2. The lowest BCUT2D eigenvalue weighted by Gasteiger charge is -2.29. The zero-order chi connectivity index (χ0) is 22.7. The number of halogens is 1. The van der Waals surface area contributed by atoms with Crippen molar-refractivity contribution in [2.45, 2.75) is 19.4 Å². The number of rotatable bonds is 5. The van der Waals surface area contributed by atoms with Gasteiger partial charge in [0.15, 0.2) is 29.6 Å². The Kier molecular flexibility index (Phi) is 6.60. The summed E-state index contributed by atoms with van der Waals surface area (Å²) in [7, 11) is 3.16. The van der Waals surface area contributed by atoms with Gasteiger partial charge in [0.2, 0.25) is 0 Å². The molecule has 0 N–H and O–H groups in total. The van der Waals surface area contributed by atoms with E-state index >= 15 is 0 Å². The second-order valence-electron chi connectivity index (χ2n) is 7.45. The Morgan fingerprint density at radius 3 is 2.50 bits per heavy atom. The molecule has 0 spiro atoms. The standard InChI is InChI=1S/C23H24ClNO7/c1-28-18-9-14-4-5-25(12-16(14)11-19(18)29-2)21(26)13-32-23(27)15-8-17(24)22-20(10-15)30-6-3-7-31-22/h8-11H,3-7,12-13H2,1-2H3. The molecule has 0 saturated carbocycles. The van der Waals surface area contributed by atoms with Crippen LogP contribution in [0.1, 0.15) is 27.9 Å². The lowest BCUT2D eigenvalue weighted by Crippen LogP contribution is -2.38. The van der Waals surface area contributed by atoms with E-state index in [-0.39, 0.29) is 23.1 Å². The minimum absolute atomic E-state index is 0.202. The van der Waals surface area contributed by atoms with Crippen molar-refractivity contribution in [2.75, 3.05) is 40.6 Å². The van der Waals surface area contributed by atoms with Crippen LogP contribution in [0, 0.1) is 0 Å². The van der Waals surface area contributed by atoms with Crippen LogP contribution in [0.15, 0.2) is 24.3 Å². The number of carbonyl (C=O) groups is 2. The van der Waals surface area contributed by atoms with E-state index < -0.39 is 5.97 Å². The van der Waals surface area contributed by atoms with Gasteiger partial charge in [0.1, 0.15) is 0 Å². The van der Waals surface area contributed by atoms with E-state index in [1.54, 1.807) is 19.1 Å². The molecule has 4 rings (SSSR count). The van der Waals surface area contributed by atoms with Crippen molar-refractivity contribution in [1.29, 1.82) is 0 Å². The van der Waals surface area contributed by atoms with Gasteiger partial charge in [0, 0.05) is 19.5 Å². The number of benzene rings is 2. The van der Waals surface area contributed by atoms with Gasteiger partial charge in [0.25, 0.3) is 5.91 Å². The van der Waals surface area contributed by atoms with Crippen molar-refractivity contribution in [1.82, 2.24) is 4.90 Å². The van der Waals surface area contributed by atoms with E-state index in [2.05, 4.69) is 0 Å². The van der Waals surface area contributed by atoms with Crippen molar-refractivity contribution in [3.63, 3.8) is 0 Å². The Bertz CT molecular complexity index is 1040. The number of esters is 1. The number of carbonyl (C=O) groups excluding carboxylic acids is 2. The maximum atomic E-state index is 12.7. The van der Waals surface area contributed by atoms with Crippen LogP contribution >= 0.6 is 11.6 Å². The predicted molar refractivity (Wildman–Crippen MR) is 116 cm³/mol. The number of nitrogens with zero attached hydrogens (tertiary/aromatic N) is 1. The summed E-state index contributed by atoms with van der Waals surface area (Å²) >= 11 is 6.24. The van der Waals surface area contributed by atoms with Crippen LogP contribution in [0.25, 0.3) is 0 Å². The van der Waals surface area contributed by atoms with Gasteiger partial charge in [-0.25, -0.2) is 4.79 Å². The minimum Gasteiger partial charge on any atom is -0.493 e. The lowest BCUT2D eigenvalue weighted by atomic mass is 9.99. The molecule has 8 nitrogen and oxygen atoms in total. The molecule has 2 aromatic rings. The molecule has 170 valence electrons. The molecule has 0 radical (unpaired) electrons. The fraction of sp³-hybridized carbons (Fsp3) is 0.391. The fourth-order valence-electron chi connectivity index (χ4n) is 3.75.